The van der Waals surface area contributed by atoms with E-state index in [9.17, 15) is 9.59 Å². The molecule has 3 heteroatoms. The molecule has 1 aromatic heterocycles. The summed E-state index contributed by atoms with van der Waals surface area (Å²) in [5.41, 5.74) is 1.20. The Labute approximate surface area is 136 Å². The number of carbonyl (C=O) groups is 1. The van der Waals surface area contributed by atoms with Crippen LogP contribution in [0.2, 0.25) is 0 Å². The van der Waals surface area contributed by atoms with Crippen molar-refractivity contribution in [3.05, 3.63) is 94.1 Å². The number of carbonyl (C=O) groups excluding carboxylic acids is 1. The van der Waals surface area contributed by atoms with Crippen LogP contribution in [0.15, 0.2) is 77.6 Å². The monoisotopic (exact) mass is 316 g/mol. The Morgan fingerprint density at radius 3 is 2.26 bits per heavy atom. The Kier molecular flexibility index (Phi) is 3.28. The first kappa shape index (κ1) is 13.9. The topological polar surface area (TPSA) is 34.1 Å². The number of fused-ring (bicyclic) bond motifs is 2. The maximum absolute atomic E-state index is 12.8. The lowest BCUT2D eigenvalue weighted by molar-refractivity contribution is 0.104. The number of ketones is 1. The molecule has 4 aromatic rings. The van der Waals surface area contributed by atoms with Gasteiger partial charge in [-0.15, -0.1) is 11.3 Å². The fourth-order valence-electron chi connectivity index (χ4n) is 2.75. The Balaban J connectivity index is 2.05. The second kappa shape index (κ2) is 5.45. The van der Waals surface area contributed by atoms with Crippen molar-refractivity contribution in [2.24, 2.45) is 0 Å². The summed E-state index contributed by atoms with van der Waals surface area (Å²) in [6.45, 7) is 0. The summed E-state index contributed by atoms with van der Waals surface area (Å²) in [4.78, 5) is 25.5. The summed E-state index contributed by atoms with van der Waals surface area (Å²) in [5.74, 6) is -0.0536. The summed E-state index contributed by atoms with van der Waals surface area (Å²) in [5, 5.41) is 1.31. The average Bonchev–Trinajstić information content (AvgIpc) is 2.62. The van der Waals surface area contributed by atoms with Crippen molar-refractivity contribution in [3.8, 4) is 0 Å². The van der Waals surface area contributed by atoms with Crippen LogP contribution in [0.25, 0.3) is 20.2 Å². The van der Waals surface area contributed by atoms with Crippen LogP contribution in [-0.2, 0) is 0 Å². The van der Waals surface area contributed by atoms with E-state index in [-0.39, 0.29) is 11.2 Å². The molecule has 110 valence electrons. The largest absolute Gasteiger partial charge is 0.289 e. The van der Waals surface area contributed by atoms with E-state index in [0.29, 0.717) is 21.9 Å². The van der Waals surface area contributed by atoms with Crippen molar-refractivity contribution >= 4 is 37.3 Å². The third kappa shape index (κ3) is 2.26. The number of hydrogen-bond acceptors (Lipinski definition) is 3. The van der Waals surface area contributed by atoms with Crippen molar-refractivity contribution in [2.75, 3.05) is 0 Å². The first-order chi connectivity index (χ1) is 11.3. The van der Waals surface area contributed by atoms with Gasteiger partial charge in [0.15, 0.2) is 11.2 Å². The van der Waals surface area contributed by atoms with Gasteiger partial charge in [0.2, 0.25) is 0 Å². The molecule has 23 heavy (non-hydrogen) atoms. The predicted octanol–water partition coefficient (Wildman–Crippen LogP) is 4.65. The zero-order valence-electron chi connectivity index (χ0n) is 12.2. The van der Waals surface area contributed by atoms with E-state index < -0.39 is 0 Å². The fourth-order valence-corrected chi connectivity index (χ4v) is 3.93. The first-order valence-corrected chi connectivity index (χ1v) is 8.12. The summed E-state index contributed by atoms with van der Waals surface area (Å²) in [6, 6.07) is 22.1. The highest BCUT2D eigenvalue weighted by molar-refractivity contribution is 7.24. The Morgan fingerprint density at radius 2 is 1.43 bits per heavy atom. The van der Waals surface area contributed by atoms with E-state index >= 15 is 0 Å². The van der Waals surface area contributed by atoms with Crippen molar-refractivity contribution in [1.29, 1.82) is 0 Å². The lowest BCUT2D eigenvalue weighted by Gasteiger charge is -2.06. The van der Waals surface area contributed by atoms with Gasteiger partial charge in [0.25, 0.3) is 0 Å². The van der Waals surface area contributed by atoms with Gasteiger partial charge in [0.1, 0.15) is 0 Å². The molecule has 0 N–H and O–H groups in total. The summed E-state index contributed by atoms with van der Waals surface area (Å²) in [6.07, 6.45) is 0. The molecule has 0 unspecified atom stereocenters. The van der Waals surface area contributed by atoms with Gasteiger partial charge < -0.3 is 0 Å². The van der Waals surface area contributed by atoms with Crippen molar-refractivity contribution in [2.45, 2.75) is 0 Å². The maximum Gasteiger partial charge on any atom is 0.195 e. The highest BCUT2D eigenvalue weighted by Gasteiger charge is 2.15. The van der Waals surface area contributed by atoms with Gasteiger partial charge in [-0.1, -0.05) is 48.5 Å². The van der Waals surface area contributed by atoms with Crippen LogP contribution in [0, 0.1) is 0 Å². The number of hydrogen-bond donors (Lipinski definition) is 0. The van der Waals surface area contributed by atoms with Crippen LogP contribution < -0.4 is 5.43 Å². The molecule has 0 saturated heterocycles. The molecule has 2 nitrogen and oxygen atoms in total. The average molecular weight is 316 g/mol. The van der Waals surface area contributed by atoms with Crippen LogP contribution in [0.1, 0.15) is 15.9 Å². The van der Waals surface area contributed by atoms with E-state index in [1.807, 2.05) is 42.5 Å². The highest BCUT2D eigenvalue weighted by atomic mass is 32.1. The van der Waals surface area contributed by atoms with Crippen LogP contribution in [0.3, 0.4) is 0 Å². The molecule has 0 aliphatic heterocycles. The zero-order chi connectivity index (χ0) is 15.8. The number of rotatable bonds is 2. The van der Waals surface area contributed by atoms with Crippen molar-refractivity contribution < 1.29 is 4.79 Å². The zero-order valence-corrected chi connectivity index (χ0v) is 13.0. The molecule has 0 aliphatic carbocycles. The van der Waals surface area contributed by atoms with Gasteiger partial charge >= 0.3 is 0 Å². The molecule has 0 bridgehead atoms. The van der Waals surface area contributed by atoms with E-state index in [0.717, 1.165) is 9.40 Å². The van der Waals surface area contributed by atoms with E-state index in [2.05, 4.69) is 0 Å². The smallest absolute Gasteiger partial charge is 0.195 e. The van der Waals surface area contributed by atoms with E-state index in [1.165, 1.54) is 11.3 Å². The minimum absolute atomic E-state index is 0.0166. The van der Waals surface area contributed by atoms with E-state index in [4.69, 9.17) is 0 Å². The van der Waals surface area contributed by atoms with Crippen LogP contribution in [0.5, 0.6) is 0 Å². The minimum atomic E-state index is -0.0536. The van der Waals surface area contributed by atoms with Crippen molar-refractivity contribution in [1.82, 2.24) is 0 Å². The highest BCUT2D eigenvalue weighted by Crippen LogP contribution is 2.28. The van der Waals surface area contributed by atoms with Gasteiger partial charge in [-0.25, -0.2) is 0 Å². The van der Waals surface area contributed by atoms with Gasteiger partial charge in [-0.2, -0.15) is 0 Å². The van der Waals surface area contributed by atoms with Crippen LogP contribution in [-0.4, -0.2) is 5.78 Å². The summed E-state index contributed by atoms with van der Waals surface area (Å²) >= 11 is 1.49. The number of benzene rings is 3. The minimum Gasteiger partial charge on any atom is -0.289 e. The lowest BCUT2D eigenvalue weighted by atomic mass is 10.0. The van der Waals surface area contributed by atoms with Gasteiger partial charge in [0, 0.05) is 31.3 Å². The van der Waals surface area contributed by atoms with Gasteiger partial charge in [-0.3, -0.25) is 9.59 Å². The van der Waals surface area contributed by atoms with E-state index in [1.54, 1.807) is 30.3 Å². The van der Waals surface area contributed by atoms with Crippen LogP contribution in [0.4, 0.5) is 0 Å². The molecule has 0 spiro atoms. The molecular formula is C20H12O2S. The summed E-state index contributed by atoms with van der Waals surface area (Å²) in [7, 11) is 0. The quantitative estimate of drug-likeness (QED) is 0.398. The molecule has 0 radical (unpaired) electrons. The Hall–Kier alpha value is -2.78. The standard InChI is InChI=1S/C20H12O2S/c21-18(13-7-2-1-3-8-13)15-10-6-11-16-19(22)14-9-4-5-12-17(14)23-20(15)16/h1-12H. The summed E-state index contributed by atoms with van der Waals surface area (Å²) < 4.78 is 1.66. The maximum atomic E-state index is 12.8. The molecule has 0 fully saturated rings. The predicted molar refractivity (Wildman–Crippen MR) is 95.5 cm³/mol. The molecule has 0 saturated carbocycles. The molecular weight excluding hydrogens is 304 g/mol. The molecule has 1 heterocycles. The molecule has 0 aliphatic rings. The van der Waals surface area contributed by atoms with Gasteiger partial charge in [0.05, 0.1) is 0 Å². The van der Waals surface area contributed by atoms with Crippen molar-refractivity contribution in [3.63, 3.8) is 0 Å². The Bertz CT molecular complexity index is 1090. The van der Waals surface area contributed by atoms with Crippen LogP contribution >= 0.6 is 11.3 Å². The SMILES string of the molecule is O=C(c1ccccc1)c1cccc2c(=O)c3ccccc3sc12. The normalized spacial score (nSPS) is 11.0. The molecule has 0 atom stereocenters. The second-order valence-corrected chi connectivity index (χ2v) is 6.36. The fraction of sp³-hybridized carbons (Fsp3) is 0. The first-order valence-electron chi connectivity index (χ1n) is 7.30. The Morgan fingerprint density at radius 1 is 0.739 bits per heavy atom. The third-order valence-corrected chi connectivity index (χ3v) is 5.10. The second-order valence-electron chi connectivity index (χ2n) is 5.30. The third-order valence-electron chi connectivity index (χ3n) is 3.88. The lowest BCUT2D eigenvalue weighted by Crippen LogP contribution is -2.06. The molecule has 4 rings (SSSR count). The molecule has 3 aromatic carbocycles. The van der Waals surface area contributed by atoms with Gasteiger partial charge in [-0.05, 0) is 24.3 Å². The molecule has 0 amide bonds.